The maximum absolute atomic E-state index is 13.4. The zero-order chi connectivity index (χ0) is 67.3. The highest BCUT2D eigenvalue weighted by Crippen LogP contribution is 2.45. The van der Waals surface area contributed by atoms with Gasteiger partial charge in [-0.05, 0) is 155 Å². The number of ether oxygens (including phenoxy) is 6. The van der Waals surface area contributed by atoms with Gasteiger partial charge in [-0.2, -0.15) is 0 Å². The highest BCUT2D eigenvalue weighted by molar-refractivity contribution is 5.79. The molecule has 6 aromatic carbocycles. The summed E-state index contributed by atoms with van der Waals surface area (Å²) in [7, 11) is 5.25. The summed E-state index contributed by atoms with van der Waals surface area (Å²) in [5.74, 6) is 4.49. The lowest BCUT2D eigenvalue weighted by Gasteiger charge is -2.27. The molecule has 0 spiro atoms. The molecule has 9 heteroatoms. The third kappa shape index (κ3) is 20.3. The largest absolute Gasteiger partial charge is 0.496 e. The Morgan fingerprint density at radius 2 is 0.462 bits per heavy atom. The summed E-state index contributed by atoms with van der Waals surface area (Å²) in [5.41, 5.74) is 15.4. The quantitative estimate of drug-likeness (QED) is 0.0321. The summed E-state index contributed by atoms with van der Waals surface area (Å²) in [6, 6.07) is 25.6. The van der Waals surface area contributed by atoms with Crippen molar-refractivity contribution in [1.82, 2.24) is 0 Å². The fourth-order valence-electron chi connectivity index (χ4n) is 13.4. The lowest BCUT2D eigenvalue weighted by Crippen LogP contribution is -2.15. The number of methoxy groups -OCH3 is 3. The molecule has 0 saturated heterocycles. The normalized spacial score (nSPS) is 12.8. The van der Waals surface area contributed by atoms with Crippen molar-refractivity contribution in [1.29, 1.82) is 0 Å². The van der Waals surface area contributed by atoms with Gasteiger partial charge in [0, 0.05) is 55.2 Å². The minimum Gasteiger partial charge on any atom is -0.496 e. The van der Waals surface area contributed by atoms with Gasteiger partial charge >= 0.3 is 0 Å². The SMILES string of the molecule is CCCCCCCCOc1c2cc(C=O)cc1Cc1cc(C(C)(C)C)cc(c1OC)Cc1cc(C=O)cc(c1OCCCCCCCC)Cc1cc(C(C)(C)C)cc(c1OC)Cc1cc(C=O)cc(c1OCCCCCCCC)Cc1cc(C(C)(C)C)cc(c1OC)C2. The smallest absolute Gasteiger partial charge is 0.150 e. The molecule has 0 N–H and O–H groups in total. The first-order chi connectivity index (χ1) is 44.6. The average molecular weight is 1270 g/mol. The van der Waals surface area contributed by atoms with Gasteiger partial charge in [0.05, 0.1) is 41.2 Å². The van der Waals surface area contributed by atoms with E-state index in [1.54, 1.807) is 21.3 Å². The Morgan fingerprint density at radius 3 is 0.634 bits per heavy atom. The van der Waals surface area contributed by atoms with Gasteiger partial charge in [-0.25, -0.2) is 0 Å². The number of carbonyl (C=O) groups excluding carboxylic acids is 3. The monoisotopic (exact) mass is 1270 g/mol. The molecule has 504 valence electrons. The van der Waals surface area contributed by atoms with Gasteiger partial charge < -0.3 is 28.4 Å². The molecular weight excluding hydrogens is 1150 g/mol. The van der Waals surface area contributed by atoms with Crippen LogP contribution in [0.2, 0.25) is 0 Å². The Morgan fingerprint density at radius 1 is 0.280 bits per heavy atom. The van der Waals surface area contributed by atoms with Crippen LogP contribution >= 0.6 is 0 Å². The van der Waals surface area contributed by atoms with E-state index in [0.29, 0.717) is 75.0 Å². The minimum absolute atomic E-state index is 0.271. The standard InChI is InChI=1S/C84H114O9/c1-16-19-22-25-28-31-34-91-79-61-37-58(55-85)38-62(79)44-68-50-74(83(7,8)9)52-70(77(68)89-14)46-64-40-60(57-87)42-66(81(64)93-36-33-30-27-24-21-18-3)48-72-54-75(84(10,11)12)53-71(78(72)90-15)47-65-41-59(56-86)39-63(80(65)92-35-32-29-26-23-20-17-2)45-69-51-73(82(4,5)6)49-67(43-61)76(69)88-13/h37-42,49-57H,16-36,43-48H2,1-15H3. The van der Waals surface area contributed by atoms with Gasteiger partial charge in [0.1, 0.15) is 53.4 Å². The number of hydrogen-bond donors (Lipinski definition) is 0. The van der Waals surface area contributed by atoms with Crippen molar-refractivity contribution in [2.24, 2.45) is 0 Å². The van der Waals surface area contributed by atoms with Crippen molar-refractivity contribution >= 4 is 18.9 Å². The van der Waals surface area contributed by atoms with E-state index in [1.165, 1.54) is 57.8 Å². The predicted molar refractivity (Wildman–Crippen MR) is 384 cm³/mol. The first-order valence-corrected chi connectivity index (χ1v) is 35.4. The highest BCUT2D eigenvalue weighted by Gasteiger charge is 2.29. The molecule has 1 aliphatic carbocycles. The molecule has 0 fully saturated rings. The molecule has 6 aromatic rings. The molecular formula is C84H114O9. The summed E-state index contributed by atoms with van der Waals surface area (Å²) in [4.78, 5) is 40.3. The third-order valence-corrected chi connectivity index (χ3v) is 18.7. The molecule has 0 saturated carbocycles. The van der Waals surface area contributed by atoms with Crippen LogP contribution in [0.15, 0.2) is 72.8 Å². The molecule has 0 radical (unpaired) electrons. The fraction of sp³-hybridized carbons (Fsp3) is 0.536. The lowest BCUT2D eigenvalue weighted by atomic mass is 9.81. The number of aldehydes is 3. The van der Waals surface area contributed by atoms with Crippen LogP contribution in [0.25, 0.3) is 0 Å². The van der Waals surface area contributed by atoms with Crippen LogP contribution < -0.4 is 28.4 Å². The first-order valence-electron chi connectivity index (χ1n) is 35.4. The third-order valence-electron chi connectivity index (χ3n) is 18.7. The first kappa shape index (κ1) is 73.5. The van der Waals surface area contributed by atoms with Crippen LogP contribution in [0.3, 0.4) is 0 Å². The topological polar surface area (TPSA) is 107 Å². The molecule has 0 unspecified atom stereocenters. The number of rotatable bonds is 30. The van der Waals surface area contributed by atoms with E-state index in [-0.39, 0.29) is 16.2 Å². The number of carbonyl (C=O) groups is 3. The number of benzene rings is 6. The molecule has 1 aliphatic rings. The molecule has 7 rings (SSSR count). The van der Waals surface area contributed by atoms with Crippen LogP contribution in [-0.2, 0) is 54.8 Å². The zero-order valence-corrected chi connectivity index (χ0v) is 59.9. The van der Waals surface area contributed by atoms with Gasteiger partial charge in [-0.15, -0.1) is 0 Å². The molecule has 0 aromatic heterocycles. The van der Waals surface area contributed by atoms with E-state index in [1.807, 2.05) is 36.4 Å². The summed E-state index contributed by atoms with van der Waals surface area (Å²) < 4.78 is 41.4. The number of unbranched alkanes of at least 4 members (excludes halogenated alkanes) is 15. The van der Waals surface area contributed by atoms with Gasteiger partial charge in [0.15, 0.2) is 0 Å². The molecule has 0 atom stereocenters. The summed E-state index contributed by atoms with van der Waals surface area (Å²) in [6.45, 7) is 28.4. The predicted octanol–water partition coefficient (Wildman–Crippen LogP) is 21.1. The minimum atomic E-state index is -0.271. The molecule has 0 amide bonds. The van der Waals surface area contributed by atoms with Gasteiger partial charge in [0.2, 0.25) is 0 Å². The van der Waals surface area contributed by atoms with Crippen molar-refractivity contribution in [2.45, 2.75) is 253 Å². The maximum atomic E-state index is 13.4. The number of fused-ring (bicyclic) bond motifs is 12. The van der Waals surface area contributed by atoms with Crippen LogP contribution in [0.5, 0.6) is 34.5 Å². The van der Waals surface area contributed by atoms with Crippen molar-refractivity contribution in [3.05, 3.63) is 173 Å². The van der Waals surface area contributed by atoms with Crippen molar-refractivity contribution < 1.29 is 42.8 Å². The van der Waals surface area contributed by atoms with Crippen molar-refractivity contribution in [3.63, 3.8) is 0 Å². The summed E-state index contributed by atoms with van der Waals surface area (Å²) in [6.07, 6.45) is 25.4. The zero-order valence-electron chi connectivity index (χ0n) is 59.9. The average Bonchev–Trinajstić information content (AvgIpc) is 0.819. The van der Waals surface area contributed by atoms with E-state index in [9.17, 15) is 14.4 Å². The Bertz CT molecular complexity index is 2930. The van der Waals surface area contributed by atoms with Crippen LogP contribution in [-0.4, -0.2) is 60.0 Å². The molecule has 12 bridgehead atoms. The van der Waals surface area contributed by atoms with E-state index >= 15 is 0 Å². The van der Waals surface area contributed by atoms with Gasteiger partial charge in [-0.1, -0.05) is 216 Å². The van der Waals surface area contributed by atoms with E-state index in [4.69, 9.17) is 28.4 Å². The van der Waals surface area contributed by atoms with Gasteiger partial charge in [-0.3, -0.25) is 14.4 Å². The second kappa shape index (κ2) is 35.0. The van der Waals surface area contributed by atoms with Crippen molar-refractivity contribution in [2.75, 3.05) is 41.2 Å². The Hall–Kier alpha value is -6.87. The van der Waals surface area contributed by atoms with E-state index in [0.717, 1.165) is 195 Å². The fourth-order valence-corrected chi connectivity index (χ4v) is 13.4. The Kier molecular flexibility index (Phi) is 27.7. The number of hydrogen-bond acceptors (Lipinski definition) is 9. The second-order valence-electron chi connectivity index (χ2n) is 29.5. The van der Waals surface area contributed by atoms with Crippen LogP contribution in [0.1, 0.15) is 313 Å². The second-order valence-corrected chi connectivity index (χ2v) is 29.5. The molecule has 9 nitrogen and oxygen atoms in total. The molecule has 0 heterocycles. The van der Waals surface area contributed by atoms with Crippen LogP contribution in [0, 0.1) is 0 Å². The highest BCUT2D eigenvalue weighted by atomic mass is 16.5. The Labute approximate surface area is 560 Å². The summed E-state index contributed by atoms with van der Waals surface area (Å²) in [5, 5.41) is 0. The lowest BCUT2D eigenvalue weighted by molar-refractivity contribution is 0.111. The Balaban J connectivity index is 1.58. The maximum Gasteiger partial charge on any atom is 0.150 e. The van der Waals surface area contributed by atoms with E-state index in [2.05, 4.69) is 119 Å². The van der Waals surface area contributed by atoms with Gasteiger partial charge in [0.25, 0.3) is 0 Å². The summed E-state index contributed by atoms with van der Waals surface area (Å²) >= 11 is 0. The molecule has 93 heavy (non-hydrogen) atoms. The van der Waals surface area contributed by atoms with E-state index < -0.39 is 0 Å². The van der Waals surface area contributed by atoms with Crippen LogP contribution in [0.4, 0.5) is 0 Å². The molecule has 0 aliphatic heterocycles. The van der Waals surface area contributed by atoms with Crippen molar-refractivity contribution in [3.8, 4) is 34.5 Å².